The van der Waals surface area contributed by atoms with Crippen molar-refractivity contribution in [2.75, 3.05) is 26.0 Å². The van der Waals surface area contributed by atoms with Gasteiger partial charge in [0.25, 0.3) is 0 Å². The minimum Gasteiger partial charge on any atom is -0.495 e. The maximum absolute atomic E-state index is 12.3. The second-order valence-electron chi connectivity index (χ2n) is 4.29. The molecule has 0 aliphatic carbocycles. The Labute approximate surface area is 143 Å². The number of thioether (sulfide) groups is 1. The largest absolute Gasteiger partial charge is 0.495 e. The van der Waals surface area contributed by atoms with E-state index in [0.29, 0.717) is 10.1 Å². The number of ether oxygens (including phenoxy) is 1. The van der Waals surface area contributed by atoms with E-state index in [1.807, 2.05) is 0 Å². The number of halogens is 1. The van der Waals surface area contributed by atoms with Gasteiger partial charge in [-0.05, 0) is 18.2 Å². The van der Waals surface area contributed by atoms with Crippen molar-refractivity contribution in [3.63, 3.8) is 0 Å². The van der Waals surface area contributed by atoms with Gasteiger partial charge < -0.3 is 4.74 Å². The molecular formula is C12H13ClN2O4S3. The highest BCUT2D eigenvalue weighted by Crippen LogP contribution is 2.26. The summed E-state index contributed by atoms with van der Waals surface area (Å²) in [5.41, 5.74) is 0. The van der Waals surface area contributed by atoms with Crippen LogP contribution < -0.4 is 9.46 Å². The van der Waals surface area contributed by atoms with Crippen LogP contribution in [0.2, 0.25) is 5.02 Å². The summed E-state index contributed by atoms with van der Waals surface area (Å²) in [6.07, 6.45) is 0. The number of benzene rings is 1. The van der Waals surface area contributed by atoms with Crippen LogP contribution in [-0.4, -0.2) is 49.5 Å². The van der Waals surface area contributed by atoms with E-state index in [1.54, 1.807) is 0 Å². The van der Waals surface area contributed by atoms with Crippen molar-refractivity contribution < 1.29 is 17.9 Å². The summed E-state index contributed by atoms with van der Waals surface area (Å²) >= 11 is 12.1. The Balaban J connectivity index is 2.07. The quantitative estimate of drug-likeness (QED) is 0.753. The van der Waals surface area contributed by atoms with Crippen LogP contribution in [0.15, 0.2) is 23.1 Å². The van der Waals surface area contributed by atoms with Crippen molar-refractivity contribution in [1.29, 1.82) is 0 Å². The molecule has 1 aromatic rings. The third kappa shape index (κ3) is 3.90. The Hall–Kier alpha value is -0.870. The van der Waals surface area contributed by atoms with Gasteiger partial charge in [-0.1, -0.05) is 35.6 Å². The molecule has 0 bridgehead atoms. The van der Waals surface area contributed by atoms with Gasteiger partial charge in [-0.25, -0.2) is 13.1 Å². The third-order valence-corrected chi connectivity index (χ3v) is 6.03. The number of methoxy groups -OCH3 is 1. The predicted octanol–water partition coefficient (Wildman–Crippen LogP) is 1.49. The zero-order valence-electron chi connectivity index (χ0n) is 11.5. The lowest BCUT2D eigenvalue weighted by Gasteiger charge is -2.16. The molecule has 1 amide bonds. The first-order chi connectivity index (χ1) is 10.3. The van der Waals surface area contributed by atoms with E-state index < -0.39 is 10.0 Å². The van der Waals surface area contributed by atoms with E-state index in [-0.39, 0.29) is 34.7 Å². The van der Waals surface area contributed by atoms with E-state index in [0.717, 1.165) is 0 Å². The minimum absolute atomic E-state index is 0.0461. The molecule has 0 saturated carbocycles. The normalized spacial score (nSPS) is 15.5. The van der Waals surface area contributed by atoms with Gasteiger partial charge in [-0.3, -0.25) is 9.69 Å². The standard InChI is InChI=1S/C12H13ClN2O4S3/c1-19-9-3-2-8(13)6-10(9)22(17,18)14-4-5-15-11(16)7-21-12(15)20/h2-3,6,14H,4-5,7H2,1H3. The molecule has 1 saturated heterocycles. The second-order valence-corrected chi connectivity index (χ2v) is 8.07. The molecular weight excluding hydrogens is 368 g/mol. The lowest BCUT2D eigenvalue weighted by atomic mass is 10.3. The number of sulfonamides is 1. The van der Waals surface area contributed by atoms with Gasteiger partial charge in [0.15, 0.2) is 0 Å². The monoisotopic (exact) mass is 380 g/mol. The SMILES string of the molecule is COc1ccc(Cl)cc1S(=O)(=O)NCCN1C(=O)CSC1=S. The topological polar surface area (TPSA) is 75.7 Å². The van der Waals surface area contributed by atoms with Crippen LogP contribution in [-0.2, 0) is 14.8 Å². The number of nitrogens with zero attached hydrogens (tertiary/aromatic N) is 1. The summed E-state index contributed by atoms with van der Waals surface area (Å²) in [6.45, 7) is 0.233. The average Bonchev–Trinajstić information content (AvgIpc) is 2.79. The maximum Gasteiger partial charge on any atom is 0.244 e. The molecule has 120 valence electrons. The molecule has 1 aliphatic heterocycles. The molecule has 0 atom stereocenters. The summed E-state index contributed by atoms with van der Waals surface area (Å²) in [4.78, 5) is 12.9. The molecule has 1 N–H and O–H groups in total. The van der Waals surface area contributed by atoms with E-state index in [9.17, 15) is 13.2 Å². The Bertz CT molecular complexity index is 692. The summed E-state index contributed by atoms with van der Waals surface area (Å²) in [7, 11) is -2.42. The number of nitrogens with one attached hydrogen (secondary N) is 1. The number of thiocarbonyl (C=S) groups is 1. The van der Waals surface area contributed by atoms with Crippen LogP contribution in [0.4, 0.5) is 0 Å². The number of rotatable bonds is 6. The van der Waals surface area contributed by atoms with Crippen molar-refractivity contribution in [3.8, 4) is 5.75 Å². The van der Waals surface area contributed by atoms with Crippen LogP contribution in [0.3, 0.4) is 0 Å². The lowest BCUT2D eigenvalue weighted by Crippen LogP contribution is -2.37. The van der Waals surface area contributed by atoms with E-state index in [4.69, 9.17) is 28.6 Å². The van der Waals surface area contributed by atoms with Gasteiger partial charge in [-0.15, -0.1) is 0 Å². The smallest absolute Gasteiger partial charge is 0.244 e. The zero-order valence-corrected chi connectivity index (χ0v) is 14.7. The van der Waals surface area contributed by atoms with Crippen molar-refractivity contribution in [2.45, 2.75) is 4.90 Å². The first kappa shape index (κ1) is 17.5. The number of hydrogen-bond acceptors (Lipinski definition) is 6. The molecule has 0 spiro atoms. The van der Waals surface area contributed by atoms with Crippen LogP contribution >= 0.6 is 35.6 Å². The molecule has 0 unspecified atom stereocenters. The first-order valence-electron chi connectivity index (χ1n) is 6.15. The Morgan fingerprint density at radius 3 is 2.82 bits per heavy atom. The Kier molecular flexibility index (Phi) is 5.67. The second kappa shape index (κ2) is 7.14. The Morgan fingerprint density at radius 1 is 1.50 bits per heavy atom. The van der Waals surface area contributed by atoms with Crippen LogP contribution in [0.1, 0.15) is 0 Å². The fourth-order valence-corrected chi connectivity index (χ4v) is 4.40. The molecule has 22 heavy (non-hydrogen) atoms. The molecule has 0 radical (unpaired) electrons. The van der Waals surface area contributed by atoms with Gasteiger partial charge in [0.05, 0.1) is 12.9 Å². The summed E-state index contributed by atoms with van der Waals surface area (Å²) in [5.74, 6) is 0.378. The molecule has 1 fully saturated rings. The fraction of sp³-hybridized carbons (Fsp3) is 0.333. The number of hydrogen-bond donors (Lipinski definition) is 1. The van der Waals surface area contributed by atoms with E-state index in [1.165, 1.54) is 42.0 Å². The average molecular weight is 381 g/mol. The Morgan fingerprint density at radius 2 is 2.23 bits per heavy atom. The lowest BCUT2D eigenvalue weighted by molar-refractivity contribution is -0.123. The zero-order chi connectivity index (χ0) is 16.3. The van der Waals surface area contributed by atoms with Crippen LogP contribution in [0.25, 0.3) is 0 Å². The van der Waals surface area contributed by atoms with Crippen molar-refractivity contribution >= 4 is 55.8 Å². The highest BCUT2D eigenvalue weighted by Gasteiger charge is 2.27. The van der Waals surface area contributed by atoms with Crippen molar-refractivity contribution in [3.05, 3.63) is 23.2 Å². The van der Waals surface area contributed by atoms with Gasteiger partial charge >= 0.3 is 0 Å². The van der Waals surface area contributed by atoms with Gasteiger partial charge in [0.2, 0.25) is 15.9 Å². The molecule has 1 aromatic carbocycles. The summed E-state index contributed by atoms with van der Waals surface area (Å²) in [5, 5.41) is 0.286. The van der Waals surface area contributed by atoms with Crippen molar-refractivity contribution in [1.82, 2.24) is 9.62 Å². The minimum atomic E-state index is -3.80. The number of carbonyl (C=O) groups excluding carboxylic acids is 1. The first-order valence-corrected chi connectivity index (χ1v) is 9.41. The molecule has 10 heteroatoms. The van der Waals surface area contributed by atoms with Crippen molar-refractivity contribution in [2.24, 2.45) is 0 Å². The van der Waals surface area contributed by atoms with E-state index >= 15 is 0 Å². The van der Waals surface area contributed by atoms with Gasteiger partial charge in [0.1, 0.15) is 15.0 Å². The molecule has 1 aliphatic rings. The number of amides is 1. The highest BCUT2D eigenvalue weighted by molar-refractivity contribution is 8.23. The fourth-order valence-electron chi connectivity index (χ4n) is 1.83. The maximum atomic E-state index is 12.3. The summed E-state index contributed by atoms with van der Waals surface area (Å²) in [6, 6.07) is 4.33. The third-order valence-electron chi connectivity index (χ3n) is 2.88. The van der Waals surface area contributed by atoms with E-state index in [2.05, 4.69) is 4.72 Å². The molecule has 0 aromatic heterocycles. The van der Waals surface area contributed by atoms with Crippen LogP contribution in [0.5, 0.6) is 5.75 Å². The predicted molar refractivity (Wildman–Crippen MR) is 90.0 cm³/mol. The van der Waals surface area contributed by atoms with Gasteiger partial charge in [0, 0.05) is 18.1 Å². The summed E-state index contributed by atoms with van der Waals surface area (Å²) < 4.78 is 32.5. The molecule has 6 nitrogen and oxygen atoms in total. The number of carbonyl (C=O) groups is 1. The molecule has 2 rings (SSSR count). The van der Waals surface area contributed by atoms with Crippen LogP contribution in [0, 0.1) is 0 Å². The highest BCUT2D eigenvalue weighted by atomic mass is 35.5. The molecule has 1 heterocycles. The van der Waals surface area contributed by atoms with Gasteiger partial charge in [-0.2, -0.15) is 0 Å².